The number of nitrogens with two attached hydrogens (primary N) is 1. The van der Waals surface area contributed by atoms with E-state index in [1.54, 1.807) is 0 Å². The smallest absolute Gasteiger partial charge is 0.119 e. The molecule has 0 saturated heterocycles. The van der Waals surface area contributed by atoms with Crippen LogP contribution >= 0.6 is 0 Å². The van der Waals surface area contributed by atoms with Gasteiger partial charge < -0.3 is 15.6 Å². The molecule has 4 heteroatoms. The van der Waals surface area contributed by atoms with Crippen molar-refractivity contribution in [3.63, 3.8) is 0 Å². The summed E-state index contributed by atoms with van der Waals surface area (Å²) in [5.41, 5.74) is 6.65. The van der Waals surface area contributed by atoms with E-state index < -0.39 is 6.10 Å². The highest BCUT2D eigenvalue weighted by molar-refractivity contribution is 5.27. The second kappa shape index (κ2) is 7.78. The lowest BCUT2D eigenvalue weighted by Gasteiger charge is -2.26. The molecule has 1 aromatic carbocycles. The van der Waals surface area contributed by atoms with Gasteiger partial charge in [0, 0.05) is 25.7 Å². The first kappa shape index (κ1) is 16.3. The van der Waals surface area contributed by atoms with Crippen molar-refractivity contribution >= 4 is 0 Å². The fourth-order valence-corrected chi connectivity index (χ4v) is 2.52. The quantitative estimate of drug-likeness (QED) is 0.731. The van der Waals surface area contributed by atoms with E-state index in [1.807, 2.05) is 24.3 Å². The third-order valence-electron chi connectivity index (χ3n) is 3.71. The first-order chi connectivity index (χ1) is 10.1. The Morgan fingerprint density at radius 1 is 1.24 bits per heavy atom. The van der Waals surface area contributed by atoms with Crippen LogP contribution in [-0.4, -0.2) is 41.8 Å². The van der Waals surface area contributed by atoms with Crippen LogP contribution in [0.4, 0.5) is 0 Å². The minimum absolute atomic E-state index is 0.337. The standard InChI is InChI=1S/C17H28N2O2/c1-13(2)10-19(15-5-6-15)11-16(20)12-21-17-7-3-14(9-18)4-8-17/h3-4,7-8,13,15-16,20H,5-6,9-12,18H2,1-2H3. The number of rotatable bonds is 9. The highest BCUT2D eigenvalue weighted by Gasteiger charge is 2.30. The van der Waals surface area contributed by atoms with Gasteiger partial charge in [-0.05, 0) is 36.5 Å². The Bertz CT molecular complexity index is 415. The average molecular weight is 292 g/mol. The molecule has 0 bridgehead atoms. The van der Waals surface area contributed by atoms with Crippen LogP contribution in [0.3, 0.4) is 0 Å². The summed E-state index contributed by atoms with van der Waals surface area (Å²) < 4.78 is 5.66. The molecule has 2 rings (SSSR count). The fourth-order valence-electron chi connectivity index (χ4n) is 2.52. The number of nitrogens with zero attached hydrogens (tertiary/aromatic N) is 1. The zero-order valence-corrected chi connectivity index (χ0v) is 13.2. The van der Waals surface area contributed by atoms with Crippen LogP contribution < -0.4 is 10.5 Å². The van der Waals surface area contributed by atoms with Gasteiger partial charge in [-0.15, -0.1) is 0 Å². The zero-order chi connectivity index (χ0) is 15.2. The molecule has 0 aromatic heterocycles. The minimum Gasteiger partial charge on any atom is -0.491 e. The van der Waals surface area contributed by atoms with Crippen LogP contribution in [0.2, 0.25) is 0 Å². The third-order valence-corrected chi connectivity index (χ3v) is 3.71. The van der Waals surface area contributed by atoms with Gasteiger partial charge in [-0.3, -0.25) is 4.90 Å². The van der Waals surface area contributed by atoms with Crippen molar-refractivity contribution in [2.24, 2.45) is 11.7 Å². The molecule has 0 heterocycles. The van der Waals surface area contributed by atoms with E-state index in [2.05, 4.69) is 18.7 Å². The molecule has 1 aliphatic rings. The lowest BCUT2D eigenvalue weighted by atomic mass is 10.2. The van der Waals surface area contributed by atoms with Crippen LogP contribution in [0.15, 0.2) is 24.3 Å². The van der Waals surface area contributed by atoms with Gasteiger partial charge in [0.2, 0.25) is 0 Å². The molecule has 4 nitrogen and oxygen atoms in total. The van der Waals surface area contributed by atoms with E-state index in [-0.39, 0.29) is 0 Å². The molecular formula is C17H28N2O2. The summed E-state index contributed by atoms with van der Waals surface area (Å²) in [6.45, 7) is 7.06. The maximum atomic E-state index is 10.2. The third kappa shape index (κ3) is 5.65. The van der Waals surface area contributed by atoms with Gasteiger partial charge in [-0.25, -0.2) is 0 Å². The first-order valence-corrected chi connectivity index (χ1v) is 7.92. The number of ether oxygens (including phenoxy) is 1. The Morgan fingerprint density at radius 2 is 1.90 bits per heavy atom. The predicted octanol–water partition coefficient (Wildman–Crippen LogP) is 2.01. The molecule has 21 heavy (non-hydrogen) atoms. The predicted molar refractivity (Wildman–Crippen MR) is 85.3 cm³/mol. The Kier molecular flexibility index (Phi) is 6.03. The molecule has 1 aromatic rings. The largest absolute Gasteiger partial charge is 0.491 e. The van der Waals surface area contributed by atoms with Gasteiger partial charge in [-0.2, -0.15) is 0 Å². The molecule has 0 radical (unpaired) electrons. The van der Waals surface area contributed by atoms with Gasteiger partial charge in [0.05, 0.1) is 0 Å². The molecule has 118 valence electrons. The molecule has 0 spiro atoms. The van der Waals surface area contributed by atoms with E-state index >= 15 is 0 Å². The summed E-state index contributed by atoms with van der Waals surface area (Å²) in [5.74, 6) is 1.41. The monoisotopic (exact) mass is 292 g/mol. The van der Waals surface area contributed by atoms with E-state index in [0.717, 1.165) is 17.9 Å². The van der Waals surface area contributed by atoms with Gasteiger partial charge in [0.15, 0.2) is 0 Å². The number of hydrogen-bond acceptors (Lipinski definition) is 4. The van der Waals surface area contributed by atoms with Crippen LogP contribution in [0, 0.1) is 5.92 Å². The fraction of sp³-hybridized carbons (Fsp3) is 0.647. The SMILES string of the molecule is CC(C)CN(CC(O)COc1ccc(CN)cc1)C1CC1. The van der Waals surface area contributed by atoms with Crippen LogP contribution in [0.25, 0.3) is 0 Å². The summed E-state index contributed by atoms with van der Waals surface area (Å²) in [6.07, 6.45) is 2.08. The van der Waals surface area contributed by atoms with Crippen molar-refractivity contribution in [3.05, 3.63) is 29.8 Å². The summed E-state index contributed by atoms with van der Waals surface area (Å²) in [5, 5.41) is 10.2. The van der Waals surface area contributed by atoms with Crippen molar-refractivity contribution in [3.8, 4) is 5.75 Å². The van der Waals surface area contributed by atoms with E-state index in [0.29, 0.717) is 31.7 Å². The number of benzene rings is 1. The Labute approximate surface area is 127 Å². The normalized spacial score (nSPS) is 16.5. The van der Waals surface area contributed by atoms with E-state index in [4.69, 9.17) is 10.5 Å². The molecule has 0 aliphatic heterocycles. The average Bonchev–Trinajstić information content (AvgIpc) is 3.29. The second-order valence-electron chi connectivity index (χ2n) is 6.39. The molecule has 3 N–H and O–H groups in total. The van der Waals surface area contributed by atoms with Crippen molar-refractivity contribution in [2.75, 3.05) is 19.7 Å². The molecule has 1 saturated carbocycles. The van der Waals surface area contributed by atoms with E-state index in [9.17, 15) is 5.11 Å². The lowest BCUT2D eigenvalue weighted by molar-refractivity contribution is 0.0613. The second-order valence-corrected chi connectivity index (χ2v) is 6.39. The Balaban J connectivity index is 1.76. The number of hydrogen-bond donors (Lipinski definition) is 2. The summed E-state index contributed by atoms with van der Waals surface area (Å²) >= 11 is 0. The highest BCUT2D eigenvalue weighted by Crippen LogP contribution is 2.27. The van der Waals surface area contributed by atoms with Crippen LogP contribution in [-0.2, 0) is 6.54 Å². The van der Waals surface area contributed by atoms with E-state index in [1.165, 1.54) is 12.8 Å². The van der Waals surface area contributed by atoms with Crippen molar-refractivity contribution in [2.45, 2.75) is 45.4 Å². The topological polar surface area (TPSA) is 58.7 Å². The molecule has 0 amide bonds. The van der Waals surface area contributed by atoms with Gasteiger partial charge in [0.1, 0.15) is 18.5 Å². The van der Waals surface area contributed by atoms with Crippen molar-refractivity contribution in [1.29, 1.82) is 0 Å². The molecule has 1 fully saturated rings. The molecular weight excluding hydrogens is 264 g/mol. The Morgan fingerprint density at radius 3 is 2.43 bits per heavy atom. The summed E-state index contributed by atoms with van der Waals surface area (Å²) in [7, 11) is 0. The van der Waals surface area contributed by atoms with Gasteiger partial charge in [0.25, 0.3) is 0 Å². The maximum absolute atomic E-state index is 10.2. The van der Waals surface area contributed by atoms with Crippen molar-refractivity contribution < 1.29 is 9.84 Å². The van der Waals surface area contributed by atoms with Crippen molar-refractivity contribution in [1.82, 2.24) is 4.90 Å². The summed E-state index contributed by atoms with van der Waals surface area (Å²) in [4.78, 5) is 2.40. The van der Waals surface area contributed by atoms with Gasteiger partial charge in [-0.1, -0.05) is 26.0 Å². The number of aliphatic hydroxyl groups excluding tert-OH is 1. The highest BCUT2D eigenvalue weighted by atomic mass is 16.5. The molecule has 1 atom stereocenters. The molecule has 1 unspecified atom stereocenters. The maximum Gasteiger partial charge on any atom is 0.119 e. The zero-order valence-electron chi connectivity index (χ0n) is 13.2. The Hall–Kier alpha value is -1.10. The van der Waals surface area contributed by atoms with Crippen LogP contribution in [0.5, 0.6) is 5.75 Å². The number of aliphatic hydroxyl groups is 1. The van der Waals surface area contributed by atoms with Gasteiger partial charge >= 0.3 is 0 Å². The molecule has 1 aliphatic carbocycles. The minimum atomic E-state index is -0.446. The lowest BCUT2D eigenvalue weighted by Crippen LogP contribution is -2.39. The first-order valence-electron chi connectivity index (χ1n) is 7.92. The summed E-state index contributed by atoms with van der Waals surface area (Å²) in [6, 6.07) is 8.39. The van der Waals surface area contributed by atoms with Crippen LogP contribution in [0.1, 0.15) is 32.3 Å².